The molecule has 0 spiro atoms. The number of likely N-dealkylation sites (tertiary alicyclic amines) is 1. The number of likely N-dealkylation sites (N-methyl/N-ethyl adjacent to an activating group) is 1. The highest BCUT2D eigenvalue weighted by atomic mass is 16.2. The second-order valence-electron chi connectivity index (χ2n) is 6.35. The van der Waals surface area contributed by atoms with Crippen molar-refractivity contribution in [1.29, 1.82) is 0 Å². The number of nitrogens with zero attached hydrogens (tertiary/aromatic N) is 3. The molecule has 1 aliphatic heterocycles. The third-order valence-corrected chi connectivity index (χ3v) is 4.40. The van der Waals surface area contributed by atoms with Crippen molar-refractivity contribution in [2.45, 2.75) is 18.4 Å². The average Bonchev–Trinajstić information content (AvgIpc) is 2.90. The van der Waals surface area contributed by atoms with Gasteiger partial charge < -0.3 is 14.7 Å². The van der Waals surface area contributed by atoms with E-state index in [1.54, 1.807) is 4.90 Å². The zero-order chi connectivity index (χ0) is 15.4. The van der Waals surface area contributed by atoms with E-state index in [9.17, 15) is 4.79 Å². The summed E-state index contributed by atoms with van der Waals surface area (Å²) in [7, 11) is 7.94. The van der Waals surface area contributed by atoms with E-state index in [4.69, 9.17) is 0 Å². The van der Waals surface area contributed by atoms with Crippen molar-refractivity contribution in [3.8, 4) is 0 Å². The molecule has 1 fully saturated rings. The minimum Gasteiger partial charge on any atom is -0.349 e. The van der Waals surface area contributed by atoms with Gasteiger partial charge in [0.15, 0.2) is 0 Å². The minimum absolute atomic E-state index is 0.208. The Labute approximate surface area is 128 Å². The maximum atomic E-state index is 11.8. The van der Waals surface area contributed by atoms with E-state index in [-0.39, 0.29) is 5.91 Å². The highest BCUT2D eigenvalue weighted by Crippen LogP contribution is 2.30. The normalized spacial score (nSPS) is 22.7. The van der Waals surface area contributed by atoms with Gasteiger partial charge >= 0.3 is 0 Å². The summed E-state index contributed by atoms with van der Waals surface area (Å²) in [6.07, 6.45) is 0.606. The summed E-state index contributed by atoms with van der Waals surface area (Å²) < 4.78 is 0. The van der Waals surface area contributed by atoms with Gasteiger partial charge in [-0.05, 0) is 19.7 Å². The average molecular weight is 289 g/mol. The number of rotatable bonds is 5. The van der Waals surface area contributed by atoms with Crippen molar-refractivity contribution in [3.63, 3.8) is 0 Å². The maximum absolute atomic E-state index is 11.8. The molecule has 1 aliphatic rings. The first kappa shape index (κ1) is 16.0. The van der Waals surface area contributed by atoms with Crippen LogP contribution in [0.4, 0.5) is 0 Å². The van der Waals surface area contributed by atoms with Crippen LogP contribution in [0.25, 0.3) is 0 Å². The van der Waals surface area contributed by atoms with E-state index in [1.807, 2.05) is 14.1 Å². The number of carbonyl (C=O) groups is 1. The second-order valence-corrected chi connectivity index (χ2v) is 6.35. The molecule has 0 saturated carbocycles. The summed E-state index contributed by atoms with van der Waals surface area (Å²) >= 11 is 0. The predicted molar refractivity (Wildman–Crippen MR) is 86.4 cm³/mol. The number of carbonyl (C=O) groups excluding carboxylic acids is 1. The lowest BCUT2D eigenvalue weighted by atomic mass is 9.94. The highest BCUT2D eigenvalue weighted by Gasteiger charge is 2.34. The third-order valence-electron chi connectivity index (χ3n) is 4.40. The summed E-state index contributed by atoms with van der Waals surface area (Å²) in [6, 6.07) is 11.2. The van der Waals surface area contributed by atoms with E-state index < -0.39 is 0 Å². The number of amides is 1. The van der Waals surface area contributed by atoms with Gasteiger partial charge in [-0.25, -0.2) is 0 Å². The van der Waals surface area contributed by atoms with E-state index >= 15 is 0 Å². The fourth-order valence-electron chi connectivity index (χ4n) is 3.08. The Morgan fingerprint density at radius 1 is 1.14 bits per heavy atom. The molecule has 0 aromatic heterocycles. The molecular weight excluding hydrogens is 262 g/mol. The zero-order valence-electron chi connectivity index (χ0n) is 13.6. The molecule has 1 heterocycles. The van der Waals surface area contributed by atoms with Gasteiger partial charge in [0.2, 0.25) is 5.91 Å². The van der Waals surface area contributed by atoms with Gasteiger partial charge in [-0.3, -0.25) is 4.79 Å². The van der Waals surface area contributed by atoms with Crippen LogP contribution in [0.1, 0.15) is 17.9 Å². The second kappa shape index (κ2) is 7.05. The van der Waals surface area contributed by atoms with Gasteiger partial charge in [-0.1, -0.05) is 30.3 Å². The van der Waals surface area contributed by atoms with Crippen LogP contribution in [0.5, 0.6) is 0 Å². The van der Waals surface area contributed by atoms with Crippen molar-refractivity contribution < 1.29 is 4.79 Å². The molecule has 0 N–H and O–H groups in total. The Bertz CT molecular complexity index is 458. The fraction of sp³-hybridized carbons (Fsp3) is 0.588. The van der Waals surface area contributed by atoms with E-state index in [2.05, 4.69) is 54.2 Å². The molecule has 1 aromatic rings. The first-order chi connectivity index (χ1) is 9.99. The predicted octanol–water partition coefficient (Wildman–Crippen LogP) is 1.49. The molecule has 4 heteroatoms. The summed E-state index contributed by atoms with van der Waals surface area (Å²) in [6.45, 7) is 2.92. The van der Waals surface area contributed by atoms with Crippen LogP contribution in [0, 0.1) is 0 Å². The van der Waals surface area contributed by atoms with Gasteiger partial charge in [0.25, 0.3) is 0 Å². The lowest BCUT2D eigenvalue weighted by Crippen LogP contribution is -2.35. The molecule has 0 aliphatic carbocycles. The minimum atomic E-state index is 0.208. The smallest absolute Gasteiger partial charge is 0.223 e. The first-order valence-electron chi connectivity index (χ1n) is 7.63. The van der Waals surface area contributed by atoms with Crippen LogP contribution in [-0.4, -0.2) is 74.5 Å². The Morgan fingerprint density at radius 2 is 1.81 bits per heavy atom. The molecule has 1 amide bonds. The van der Waals surface area contributed by atoms with Crippen molar-refractivity contribution in [2.24, 2.45) is 0 Å². The molecule has 0 unspecified atom stereocenters. The molecule has 21 heavy (non-hydrogen) atoms. The molecule has 2 rings (SSSR count). The standard InChI is InChI=1S/C17H27N3O/c1-18(2)16-13-20(11-10-17(21)19(3)4)12-15(16)14-8-6-5-7-9-14/h5-9,15-16H,10-13H2,1-4H3/t15-,16+/m1/s1. The van der Waals surface area contributed by atoms with Crippen LogP contribution >= 0.6 is 0 Å². The summed E-state index contributed by atoms with van der Waals surface area (Å²) in [5.41, 5.74) is 1.40. The van der Waals surface area contributed by atoms with Crippen molar-refractivity contribution >= 4 is 5.91 Å². The lowest BCUT2D eigenvalue weighted by Gasteiger charge is -2.25. The Morgan fingerprint density at radius 3 is 2.38 bits per heavy atom. The van der Waals surface area contributed by atoms with Gasteiger partial charge in [0.05, 0.1) is 0 Å². The summed E-state index contributed by atoms with van der Waals surface area (Å²) in [4.78, 5) is 18.2. The van der Waals surface area contributed by atoms with Gasteiger partial charge in [0, 0.05) is 52.1 Å². The zero-order valence-corrected chi connectivity index (χ0v) is 13.6. The SMILES string of the molecule is CN(C)C(=O)CCN1C[C@H](c2ccccc2)[C@@H](N(C)C)C1. The van der Waals surface area contributed by atoms with Crippen LogP contribution < -0.4 is 0 Å². The van der Waals surface area contributed by atoms with E-state index in [0.717, 1.165) is 19.6 Å². The third kappa shape index (κ3) is 4.05. The topological polar surface area (TPSA) is 26.8 Å². The van der Waals surface area contributed by atoms with E-state index in [1.165, 1.54) is 5.56 Å². The Balaban J connectivity index is 2.00. The monoisotopic (exact) mass is 289 g/mol. The van der Waals surface area contributed by atoms with Crippen LogP contribution in [0.3, 0.4) is 0 Å². The fourth-order valence-corrected chi connectivity index (χ4v) is 3.08. The van der Waals surface area contributed by atoms with Gasteiger partial charge in [-0.2, -0.15) is 0 Å². The molecule has 4 nitrogen and oxygen atoms in total. The lowest BCUT2D eigenvalue weighted by molar-refractivity contribution is -0.128. The van der Waals surface area contributed by atoms with Crippen molar-refractivity contribution in [1.82, 2.24) is 14.7 Å². The summed E-state index contributed by atoms with van der Waals surface area (Å²) in [5.74, 6) is 0.732. The molecule has 0 radical (unpaired) electrons. The number of hydrogen-bond acceptors (Lipinski definition) is 3. The molecule has 1 aromatic carbocycles. The largest absolute Gasteiger partial charge is 0.349 e. The Kier molecular flexibility index (Phi) is 5.37. The van der Waals surface area contributed by atoms with Crippen LogP contribution in [0.2, 0.25) is 0 Å². The van der Waals surface area contributed by atoms with Crippen LogP contribution in [-0.2, 0) is 4.79 Å². The molecule has 116 valence electrons. The summed E-state index contributed by atoms with van der Waals surface area (Å²) in [5, 5.41) is 0. The molecular formula is C17H27N3O. The molecule has 0 bridgehead atoms. The number of benzene rings is 1. The van der Waals surface area contributed by atoms with Crippen molar-refractivity contribution in [2.75, 3.05) is 47.8 Å². The first-order valence-corrected chi connectivity index (χ1v) is 7.63. The Hall–Kier alpha value is -1.39. The van der Waals surface area contributed by atoms with E-state index in [0.29, 0.717) is 18.4 Å². The van der Waals surface area contributed by atoms with Crippen molar-refractivity contribution in [3.05, 3.63) is 35.9 Å². The maximum Gasteiger partial charge on any atom is 0.223 e. The molecule has 1 saturated heterocycles. The quantitative estimate of drug-likeness (QED) is 0.822. The molecule has 2 atom stereocenters. The highest BCUT2D eigenvalue weighted by molar-refractivity contribution is 5.75. The van der Waals surface area contributed by atoms with Gasteiger partial charge in [0.1, 0.15) is 0 Å². The number of hydrogen-bond donors (Lipinski definition) is 0. The van der Waals surface area contributed by atoms with Gasteiger partial charge in [-0.15, -0.1) is 0 Å². The van der Waals surface area contributed by atoms with Crippen LogP contribution in [0.15, 0.2) is 30.3 Å².